The van der Waals surface area contributed by atoms with Gasteiger partial charge in [0, 0.05) is 36.0 Å². The van der Waals surface area contributed by atoms with Gasteiger partial charge >= 0.3 is 0 Å². The lowest BCUT2D eigenvalue weighted by atomic mass is 10.1. The summed E-state index contributed by atoms with van der Waals surface area (Å²) in [5.74, 6) is 1.17. The third kappa shape index (κ3) is 2.06. The Bertz CT molecular complexity index is 814. The van der Waals surface area contributed by atoms with Gasteiger partial charge in [-0.3, -0.25) is 0 Å². The first kappa shape index (κ1) is 13.3. The minimum Gasteiger partial charge on any atom is -0.356 e. The van der Waals surface area contributed by atoms with Crippen LogP contribution < -0.4 is 4.90 Å². The van der Waals surface area contributed by atoms with Gasteiger partial charge in [0.15, 0.2) is 5.65 Å². The highest BCUT2D eigenvalue weighted by molar-refractivity contribution is 5.71. The summed E-state index contributed by atoms with van der Waals surface area (Å²) in [6, 6.07) is 12.5. The first-order valence-corrected chi connectivity index (χ1v) is 7.91. The second-order valence-electron chi connectivity index (χ2n) is 6.02. The molecule has 4 rings (SSSR count). The van der Waals surface area contributed by atoms with Crippen molar-refractivity contribution in [3.63, 3.8) is 0 Å². The molecular formula is C18H20N4. The van der Waals surface area contributed by atoms with Gasteiger partial charge in [-0.05, 0) is 26.7 Å². The number of hydrogen-bond acceptors (Lipinski definition) is 3. The quantitative estimate of drug-likeness (QED) is 0.723. The molecule has 0 spiro atoms. The zero-order chi connectivity index (χ0) is 15.1. The van der Waals surface area contributed by atoms with Crippen molar-refractivity contribution in [2.75, 3.05) is 18.0 Å². The summed E-state index contributed by atoms with van der Waals surface area (Å²) in [5, 5.41) is 4.88. The van der Waals surface area contributed by atoms with Crippen LogP contribution in [-0.2, 0) is 0 Å². The molecule has 3 heterocycles. The monoisotopic (exact) mass is 292 g/mol. The van der Waals surface area contributed by atoms with E-state index < -0.39 is 0 Å². The number of hydrogen-bond donors (Lipinski definition) is 0. The molecule has 0 amide bonds. The lowest BCUT2D eigenvalue weighted by Crippen LogP contribution is -2.21. The molecule has 4 heteroatoms. The van der Waals surface area contributed by atoms with Gasteiger partial charge in [0.2, 0.25) is 0 Å². The van der Waals surface area contributed by atoms with Gasteiger partial charge in [-0.15, -0.1) is 0 Å². The standard InChI is InChI=1S/C18H20N4/c1-13-12-16(21-10-6-7-11-21)22-18(19-13)14(2)17(20-22)15-8-4-3-5-9-15/h3-5,8-9,12H,6-7,10-11H2,1-2H3. The average Bonchev–Trinajstić information content (AvgIpc) is 3.17. The van der Waals surface area contributed by atoms with Crippen molar-refractivity contribution in [3.05, 3.63) is 47.7 Å². The molecule has 0 N–H and O–H groups in total. The fraction of sp³-hybridized carbons (Fsp3) is 0.333. The van der Waals surface area contributed by atoms with Gasteiger partial charge < -0.3 is 4.90 Å². The van der Waals surface area contributed by atoms with Gasteiger partial charge in [-0.2, -0.15) is 9.61 Å². The molecule has 1 aliphatic rings. The minimum atomic E-state index is 0.973. The van der Waals surface area contributed by atoms with E-state index in [0.717, 1.165) is 41.3 Å². The highest BCUT2D eigenvalue weighted by Gasteiger charge is 2.20. The zero-order valence-electron chi connectivity index (χ0n) is 13.1. The van der Waals surface area contributed by atoms with Crippen molar-refractivity contribution in [1.29, 1.82) is 0 Å². The van der Waals surface area contributed by atoms with Crippen LogP contribution in [0.15, 0.2) is 36.4 Å². The molecule has 0 aliphatic carbocycles. The Kier molecular flexibility index (Phi) is 3.10. The predicted molar refractivity (Wildman–Crippen MR) is 89.3 cm³/mol. The molecule has 0 atom stereocenters. The summed E-state index contributed by atoms with van der Waals surface area (Å²) in [7, 11) is 0. The summed E-state index contributed by atoms with van der Waals surface area (Å²) in [5.41, 5.74) is 5.35. The van der Waals surface area contributed by atoms with Gasteiger partial charge in [0.05, 0.1) is 5.69 Å². The van der Waals surface area contributed by atoms with Crippen molar-refractivity contribution in [2.45, 2.75) is 26.7 Å². The van der Waals surface area contributed by atoms with Crippen molar-refractivity contribution in [2.24, 2.45) is 0 Å². The molecule has 2 aromatic heterocycles. The molecule has 1 fully saturated rings. The van der Waals surface area contributed by atoms with Crippen molar-refractivity contribution in [1.82, 2.24) is 14.6 Å². The molecule has 0 saturated carbocycles. The fourth-order valence-electron chi connectivity index (χ4n) is 3.27. The van der Waals surface area contributed by atoms with Crippen LogP contribution in [0.1, 0.15) is 24.1 Å². The Balaban J connectivity index is 1.95. The zero-order valence-corrected chi connectivity index (χ0v) is 13.1. The molecule has 1 aromatic carbocycles. The predicted octanol–water partition coefficient (Wildman–Crippen LogP) is 3.61. The molecule has 4 nitrogen and oxygen atoms in total. The largest absolute Gasteiger partial charge is 0.356 e. The van der Waals surface area contributed by atoms with E-state index >= 15 is 0 Å². The molecule has 1 saturated heterocycles. The summed E-state index contributed by atoms with van der Waals surface area (Å²) in [6.45, 7) is 6.40. The van der Waals surface area contributed by atoms with E-state index in [2.05, 4.69) is 49.1 Å². The van der Waals surface area contributed by atoms with Crippen molar-refractivity contribution >= 4 is 11.5 Å². The van der Waals surface area contributed by atoms with Gasteiger partial charge in [-0.25, -0.2) is 4.98 Å². The number of anilines is 1. The second-order valence-corrected chi connectivity index (χ2v) is 6.02. The summed E-state index contributed by atoms with van der Waals surface area (Å²) < 4.78 is 2.02. The smallest absolute Gasteiger partial charge is 0.161 e. The van der Waals surface area contributed by atoms with Crippen LogP contribution >= 0.6 is 0 Å². The molecule has 0 bridgehead atoms. The van der Waals surface area contributed by atoms with Crippen molar-refractivity contribution in [3.8, 4) is 11.3 Å². The Hall–Kier alpha value is -2.36. The summed E-state index contributed by atoms with van der Waals surface area (Å²) in [4.78, 5) is 7.15. The second kappa shape index (κ2) is 5.13. The van der Waals surface area contributed by atoms with Crippen LogP contribution in [0.2, 0.25) is 0 Å². The number of nitrogens with zero attached hydrogens (tertiary/aromatic N) is 4. The summed E-state index contributed by atoms with van der Waals surface area (Å²) in [6.07, 6.45) is 2.52. The highest BCUT2D eigenvalue weighted by Crippen LogP contribution is 2.29. The first-order valence-electron chi connectivity index (χ1n) is 7.91. The molecule has 22 heavy (non-hydrogen) atoms. The highest BCUT2D eigenvalue weighted by atomic mass is 15.4. The molecule has 112 valence electrons. The van der Waals surface area contributed by atoms with Crippen LogP contribution in [0.3, 0.4) is 0 Å². The maximum atomic E-state index is 4.88. The molecule has 0 radical (unpaired) electrons. The van der Waals surface area contributed by atoms with Crippen LogP contribution in [0.5, 0.6) is 0 Å². The summed E-state index contributed by atoms with van der Waals surface area (Å²) >= 11 is 0. The van der Waals surface area contributed by atoms with E-state index in [1.54, 1.807) is 0 Å². The van der Waals surface area contributed by atoms with Gasteiger partial charge in [-0.1, -0.05) is 30.3 Å². The van der Waals surface area contributed by atoms with E-state index in [1.807, 2.05) is 10.6 Å². The Morgan fingerprint density at radius 2 is 1.73 bits per heavy atom. The normalized spacial score (nSPS) is 14.9. The van der Waals surface area contributed by atoms with E-state index in [0.29, 0.717) is 0 Å². The fourth-order valence-corrected chi connectivity index (χ4v) is 3.27. The molecule has 1 aliphatic heterocycles. The van der Waals surface area contributed by atoms with Crippen LogP contribution in [0.4, 0.5) is 5.82 Å². The Morgan fingerprint density at radius 3 is 2.45 bits per heavy atom. The number of aryl methyl sites for hydroxylation is 2. The maximum Gasteiger partial charge on any atom is 0.161 e. The van der Waals surface area contributed by atoms with Crippen LogP contribution in [0, 0.1) is 13.8 Å². The van der Waals surface area contributed by atoms with E-state index in [1.165, 1.54) is 18.7 Å². The lowest BCUT2D eigenvalue weighted by molar-refractivity contribution is 0.847. The van der Waals surface area contributed by atoms with Crippen LogP contribution in [0.25, 0.3) is 16.9 Å². The van der Waals surface area contributed by atoms with Gasteiger partial charge in [0.25, 0.3) is 0 Å². The number of aromatic nitrogens is 3. The number of benzene rings is 1. The van der Waals surface area contributed by atoms with E-state index in [4.69, 9.17) is 10.1 Å². The maximum absolute atomic E-state index is 4.88. The minimum absolute atomic E-state index is 0.973. The number of rotatable bonds is 2. The lowest BCUT2D eigenvalue weighted by Gasteiger charge is -2.18. The first-order chi connectivity index (χ1) is 10.7. The van der Waals surface area contributed by atoms with Crippen LogP contribution in [-0.4, -0.2) is 27.7 Å². The van der Waals surface area contributed by atoms with E-state index in [-0.39, 0.29) is 0 Å². The topological polar surface area (TPSA) is 33.4 Å². The van der Waals surface area contributed by atoms with Crippen molar-refractivity contribution < 1.29 is 0 Å². The Labute approximate surface area is 130 Å². The van der Waals surface area contributed by atoms with Gasteiger partial charge in [0.1, 0.15) is 5.82 Å². The Morgan fingerprint density at radius 1 is 1.00 bits per heavy atom. The molecular weight excluding hydrogens is 272 g/mol. The SMILES string of the molecule is Cc1cc(N2CCCC2)n2nc(-c3ccccc3)c(C)c2n1. The third-order valence-electron chi connectivity index (χ3n) is 4.41. The number of fused-ring (bicyclic) bond motifs is 1. The average molecular weight is 292 g/mol. The third-order valence-corrected chi connectivity index (χ3v) is 4.41. The van der Waals surface area contributed by atoms with E-state index in [9.17, 15) is 0 Å². The molecule has 3 aromatic rings. The molecule has 0 unspecified atom stereocenters.